The number of ether oxygens (including phenoxy) is 1. The highest BCUT2D eigenvalue weighted by molar-refractivity contribution is 5.94. The SMILES string of the molecule is CCOC(=O)c1cc2oc(C=CC(=O)O)cc2n1C. The van der Waals surface area contributed by atoms with E-state index in [1.807, 2.05) is 0 Å². The largest absolute Gasteiger partial charge is 0.478 e. The summed E-state index contributed by atoms with van der Waals surface area (Å²) in [5, 5.41) is 8.54. The zero-order valence-electron chi connectivity index (χ0n) is 10.5. The monoisotopic (exact) mass is 263 g/mol. The molecule has 0 aromatic carbocycles. The van der Waals surface area contributed by atoms with Crippen LogP contribution in [0.1, 0.15) is 23.2 Å². The number of fused-ring (bicyclic) bond motifs is 1. The fraction of sp³-hybridized carbons (Fsp3) is 0.231. The summed E-state index contributed by atoms with van der Waals surface area (Å²) in [6, 6.07) is 3.24. The first-order chi connectivity index (χ1) is 9.02. The van der Waals surface area contributed by atoms with Crippen molar-refractivity contribution in [2.75, 3.05) is 6.61 Å². The first-order valence-corrected chi connectivity index (χ1v) is 5.70. The molecule has 0 aliphatic rings. The maximum atomic E-state index is 11.7. The van der Waals surface area contributed by atoms with E-state index in [2.05, 4.69) is 0 Å². The number of carboxylic acid groups (broad SMARTS) is 1. The van der Waals surface area contributed by atoms with Crippen LogP contribution in [-0.4, -0.2) is 28.2 Å². The lowest BCUT2D eigenvalue weighted by atomic mass is 10.4. The Morgan fingerprint density at radius 1 is 1.47 bits per heavy atom. The number of carbonyl (C=O) groups is 2. The highest BCUT2D eigenvalue weighted by atomic mass is 16.5. The van der Waals surface area contributed by atoms with E-state index in [0.29, 0.717) is 29.2 Å². The molecule has 1 N–H and O–H groups in total. The Balaban J connectivity index is 2.37. The van der Waals surface area contributed by atoms with Crippen molar-refractivity contribution in [3.63, 3.8) is 0 Å². The van der Waals surface area contributed by atoms with Crippen LogP contribution in [0.4, 0.5) is 0 Å². The van der Waals surface area contributed by atoms with Gasteiger partial charge in [0.05, 0.1) is 12.1 Å². The number of aromatic nitrogens is 1. The first-order valence-electron chi connectivity index (χ1n) is 5.70. The van der Waals surface area contributed by atoms with Gasteiger partial charge in [-0.05, 0) is 13.0 Å². The Kier molecular flexibility index (Phi) is 3.41. The molecule has 6 nitrogen and oxygen atoms in total. The molecule has 0 aliphatic carbocycles. The predicted octanol–water partition coefficient (Wildman–Crippen LogP) is 2.05. The summed E-state index contributed by atoms with van der Waals surface area (Å²) in [7, 11) is 1.72. The van der Waals surface area contributed by atoms with E-state index in [1.165, 1.54) is 6.08 Å². The van der Waals surface area contributed by atoms with Crippen LogP contribution in [0.2, 0.25) is 0 Å². The molecule has 0 amide bonds. The molecule has 2 aromatic heterocycles. The standard InChI is InChI=1S/C13H13NO5/c1-3-18-13(17)10-7-11-9(14(10)2)6-8(19-11)4-5-12(15)16/h4-7H,3H2,1-2H3,(H,15,16). The molecule has 2 aromatic rings. The third-order valence-electron chi connectivity index (χ3n) is 2.62. The second-order valence-corrected chi connectivity index (χ2v) is 3.88. The molecule has 0 unspecified atom stereocenters. The summed E-state index contributed by atoms with van der Waals surface area (Å²) < 4.78 is 12.0. The summed E-state index contributed by atoms with van der Waals surface area (Å²) in [4.78, 5) is 22.1. The summed E-state index contributed by atoms with van der Waals surface area (Å²) in [5.74, 6) is -1.05. The lowest BCUT2D eigenvalue weighted by molar-refractivity contribution is -0.131. The minimum atomic E-state index is -1.05. The van der Waals surface area contributed by atoms with E-state index in [0.717, 1.165) is 6.08 Å². The van der Waals surface area contributed by atoms with Gasteiger partial charge in [-0.2, -0.15) is 0 Å². The quantitative estimate of drug-likeness (QED) is 0.674. The van der Waals surface area contributed by atoms with Crippen LogP contribution in [0.5, 0.6) is 0 Å². The fourth-order valence-electron chi connectivity index (χ4n) is 1.77. The molecule has 0 aliphatic heterocycles. The third-order valence-corrected chi connectivity index (χ3v) is 2.62. The maximum absolute atomic E-state index is 11.7. The average molecular weight is 263 g/mol. The Hall–Kier alpha value is -2.50. The van der Waals surface area contributed by atoms with Gasteiger partial charge < -0.3 is 18.8 Å². The lowest BCUT2D eigenvalue weighted by Gasteiger charge is -2.02. The molecular weight excluding hydrogens is 250 g/mol. The van der Waals surface area contributed by atoms with E-state index >= 15 is 0 Å². The third kappa shape index (κ3) is 2.52. The normalized spacial score (nSPS) is 11.3. The van der Waals surface area contributed by atoms with Gasteiger partial charge >= 0.3 is 11.9 Å². The second-order valence-electron chi connectivity index (χ2n) is 3.88. The van der Waals surface area contributed by atoms with Crippen molar-refractivity contribution in [3.8, 4) is 0 Å². The zero-order chi connectivity index (χ0) is 14.0. The number of carboxylic acids is 1. The highest BCUT2D eigenvalue weighted by Gasteiger charge is 2.17. The number of hydrogen-bond donors (Lipinski definition) is 1. The molecular formula is C13H13NO5. The van der Waals surface area contributed by atoms with E-state index in [9.17, 15) is 9.59 Å². The van der Waals surface area contributed by atoms with E-state index in [1.54, 1.807) is 30.7 Å². The number of aliphatic carboxylic acids is 1. The molecule has 0 spiro atoms. The Morgan fingerprint density at radius 2 is 2.21 bits per heavy atom. The average Bonchev–Trinajstić information content (AvgIpc) is 2.87. The van der Waals surface area contributed by atoms with Gasteiger partial charge in [0, 0.05) is 25.3 Å². The number of rotatable bonds is 4. The van der Waals surface area contributed by atoms with E-state index < -0.39 is 11.9 Å². The number of nitrogens with zero attached hydrogens (tertiary/aromatic N) is 1. The summed E-state index contributed by atoms with van der Waals surface area (Å²) >= 11 is 0. The highest BCUT2D eigenvalue weighted by Crippen LogP contribution is 2.24. The smallest absolute Gasteiger partial charge is 0.355 e. The molecule has 0 saturated carbocycles. The van der Waals surface area contributed by atoms with Gasteiger partial charge in [-0.25, -0.2) is 9.59 Å². The molecule has 0 bridgehead atoms. The van der Waals surface area contributed by atoms with Crippen molar-refractivity contribution in [1.82, 2.24) is 4.57 Å². The first kappa shape index (κ1) is 12.9. The van der Waals surface area contributed by atoms with Crippen LogP contribution in [-0.2, 0) is 16.6 Å². The second kappa shape index (κ2) is 5.01. The Labute approximate surface area is 108 Å². The van der Waals surface area contributed by atoms with Crippen molar-refractivity contribution < 1.29 is 23.8 Å². The molecule has 0 atom stereocenters. The van der Waals surface area contributed by atoms with Crippen molar-refractivity contribution in [3.05, 3.63) is 29.7 Å². The van der Waals surface area contributed by atoms with Gasteiger partial charge in [-0.1, -0.05) is 0 Å². The summed E-state index contributed by atoms with van der Waals surface area (Å²) in [5.41, 5.74) is 1.60. The van der Waals surface area contributed by atoms with Crippen molar-refractivity contribution in [2.45, 2.75) is 6.92 Å². The van der Waals surface area contributed by atoms with Gasteiger partial charge in [0.25, 0.3) is 0 Å². The Morgan fingerprint density at radius 3 is 2.79 bits per heavy atom. The number of hydrogen-bond acceptors (Lipinski definition) is 4. The van der Waals surface area contributed by atoms with Gasteiger partial charge in [-0.3, -0.25) is 0 Å². The molecule has 6 heteroatoms. The minimum absolute atomic E-state index is 0.304. The van der Waals surface area contributed by atoms with Crippen molar-refractivity contribution in [2.24, 2.45) is 7.05 Å². The van der Waals surface area contributed by atoms with Crippen LogP contribution in [0.15, 0.2) is 22.6 Å². The minimum Gasteiger partial charge on any atom is -0.478 e. The lowest BCUT2D eigenvalue weighted by Crippen LogP contribution is -2.09. The molecule has 2 heterocycles. The molecule has 100 valence electrons. The molecule has 2 rings (SSSR count). The van der Waals surface area contributed by atoms with Crippen LogP contribution >= 0.6 is 0 Å². The van der Waals surface area contributed by atoms with Crippen LogP contribution in [0, 0.1) is 0 Å². The van der Waals surface area contributed by atoms with Crippen molar-refractivity contribution in [1.29, 1.82) is 0 Å². The van der Waals surface area contributed by atoms with Crippen LogP contribution in [0.25, 0.3) is 17.2 Å². The Bertz CT molecular complexity index is 662. The number of carbonyl (C=O) groups excluding carboxylic acids is 1. The molecule has 0 saturated heterocycles. The fourth-order valence-corrected chi connectivity index (χ4v) is 1.77. The van der Waals surface area contributed by atoms with E-state index in [4.69, 9.17) is 14.3 Å². The zero-order valence-corrected chi connectivity index (χ0v) is 10.5. The van der Waals surface area contributed by atoms with Gasteiger partial charge in [0.15, 0.2) is 5.58 Å². The van der Waals surface area contributed by atoms with Crippen molar-refractivity contribution >= 4 is 29.1 Å². The molecule has 19 heavy (non-hydrogen) atoms. The van der Waals surface area contributed by atoms with Crippen LogP contribution in [0.3, 0.4) is 0 Å². The van der Waals surface area contributed by atoms with Gasteiger partial charge in [-0.15, -0.1) is 0 Å². The van der Waals surface area contributed by atoms with Gasteiger partial charge in [0.2, 0.25) is 0 Å². The van der Waals surface area contributed by atoms with E-state index in [-0.39, 0.29) is 0 Å². The maximum Gasteiger partial charge on any atom is 0.355 e. The van der Waals surface area contributed by atoms with Crippen LogP contribution < -0.4 is 0 Å². The number of esters is 1. The van der Waals surface area contributed by atoms with Gasteiger partial charge in [0.1, 0.15) is 11.5 Å². The number of furan rings is 1. The summed E-state index contributed by atoms with van der Waals surface area (Å²) in [6.45, 7) is 2.04. The topological polar surface area (TPSA) is 81.7 Å². The molecule has 0 radical (unpaired) electrons. The number of aryl methyl sites for hydroxylation is 1. The predicted molar refractivity (Wildman–Crippen MR) is 67.8 cm³/mol. The summed E-state index contributed by atoms with van der Waals surface area (Å²) in [6.07, 6.45) is 2.34. The molecule has 0 fully saturated rings.